The van der Waals surface area contributed by atoms with Crippen LogP contribution in [-0.2, 0) is 0 Å². The second-order valence-electron chi connectivity index (χ2n) is 3.24. The second kappa shape index (κ2) is 8.64. The van der Waals surface area contributed by atoms with Crippen LogP contribution in [0.15, 0.2) is 11.0 Å². The summed E-state index contributed by atoms with van der Waals surface area (Å²) in [5.41, 5.74) is 0. The zero-order chi connectivity index (χ0) is 10.1. The van der Waals surface area contributed by atoms with Crippen molar-refractivity contribution in [2.75, 3.05) is 25.9 Å². The first-order valence-electron chi connectivity index (χ1n) is 5.21. The molecule has 0 aromatic rings. The number of allylic oxidation sites excluding steroid dienone is 1. The Morgan fingerprint density at radius 2 is 2.00 bits per heavy atom. The van der Waals surface area contributed by atoms with Gasteiger partial charge < -0.3 is 4.90 Å². The third-order valence-corrected chi connectivity index (χ3v) is 3.10. The number of nitrogens with zero attached hydrogens (tertiary/aromatic N) is 1. The zero-order valence-corrected chi connectivity index (χ0v) is 10.3. The molecule has 0 atom stereocenters. The Hall–Kier alpha value is 0.0500. The Morgan fingerprint density at radius 1 is 1.31 bits per heavy atom. The van der Waals surface area contributed by atoms with E-state index in [1.165, 1.54) is 36.6 Å². The highest BCUT2D eigenvalue weighted by Gasteiger charge is 1.99. The van der Waals surface area contributed by atoms with E-state index in [-0.39, 0.29) is 0 Å². The van der Waals surface area contributed by atoms with Crippen LogP contribution in [-0.4, -0.2) is 30.8 Å². The number of thioether (sulfide) groups is 1. The molecule has 0 saturated carbocycles. The van der Waals surface area contributed by atoms with E-state index in [4.69, 9.17) is 0 Å². The molecule has 0 saturated heterocycles. The summed E-state index contributed by atoms with van der Waals surface area (Å²) in [4.78, 5) is 3.94. The number of hydrogen-bond donors (Lipinski definition) is 0. The Labute approximate surface area is 87.6 Å². The average molecular weight is 201 g/mol. The fourth-order valence-corrected chi connectivity index (χ4v) is 2.05. The second-order valence-corrected chi connectivity index (χ2v) is 4.63. The summed E-state index contributed by atoms with van der Waals surface area (Å²) in [5, 5.41) is 0. The third kappa shape index (κ3) is 7.15. The van der Waals surface area contributed by atoms with Gasteiger partial charge in [0.2, 0.25) is 0 Å². The topological polar surface area (TPSA) is 3.24 Å². The molecule has 13 heavy (non-hydrogen) atoms. The van der Waals surface area contributed by atoms with Crippen molar-refractivity contribution in [2.24, 2.45) is 0 Å². The summed E-state index contributed by atoms with van der Waals surface area (Å²) in [5.74, 6) is 1.19. The van der Waals surface area contributed by atoms with Gasteiger partial charge in [-0.1, -0.05) is 19.9 Å². The molecule has 0 aromatic carbocycles. The van der Waals surface area contributed by atoms with Gasteiger partial charge in [0.25, 0.3) is 0 Å². The molecule has 0 aliphatic carbocycles. The Kier molecular flexibility index (Phi) is 8.67. The average Bonchev–Trinajstić information content (AvgIpc) is 2.12. The third-order valence-electron chi connectivity index (χ3n) is 2.00. The highest BCUT2D eigenvalue weighted by molar-refractivity contribution is 8.03. The van der Waals surface area contributed by atoms with Gasteiger partial charge in [0, 0.05) is 6.54 Å². The van der Waals surface area contributed by atoms with E-state index in [1.807, 2.05) is 11.8 Å². The van der Waals surface area contributed by atoms with Crippen LogP contribution >= 0.6 is 11.8 Å². The van der Waals surface area contributed by atoms with Crippen molar-refractivity contribution in [3.05, 3.63) is 11.0 Å². The molecule has 78 valence electrons. The first-order chi connectivity index (χ1) is 6.24. The Bertz CT molecular complexity index is 143. The summed E-state index contributed by atoms with van der Waals surface area (Å²) in [6, 6.07) is 0. The van der Waals surface area contributed by atoms with Gasteiger partial charge in [0.15, 0.2) is 0 Å². The Balaban J connectivity index is 3.59. The molecule has 0 rings (SSSR count). The van der Waals surface area contributed by atoms with Crippen LogP contribution in [0.25, 0.3) is 0 Å². The maximum absolute atomic E-state index is 2.40. The van der Waals surface area contributed by atoms with Gasteiger partial charge in [-0.2, -0.15) is 0 Å². The minimum absolute atomic E-state index is 1.19. The van der Waals surface area contributed by atoms with Crippen LogP contribution in [0.3, 0.4) is 0 Å². The van der Waals surface area contributed by atoms with Crippen molar-refractivity contribution < 1.29 is 0 Å². The predicted octanol–water partition coefficient (Wildman–Crippen LogP) is 3.38. The van der Waals surface area contributed by atoms with Gasteiger partial charge in [-0.25, -0.2) is 0 Å². The van der Waals surface area contributed by atoms with Crippen LogP contribution in [0.2, 0.25) is 0 Å². The molecular weight excluding hydrogens is 178 g/mol. The lowest BCUT2D eigenvalue weighted by Gasteiger charge is -2.15. The zero-order valence-electron chi connectivity index (χ0n) is 9.47. The summed E-state index contributed by atoms with van der Waals surface area (Å²) in [6.07, 6.45) is 4.71. The SMILES string of the molecule is C/C=C(/CCN(C)CCC)SCC. The minimum Gasteiger partial charge on any atom is -0.306 e. The van der Waals surface area contributed by atoms with E-state index in [0.717, 1.165) is 0 Å². The summed E-state index contributed by atoms with van der Waals surface area (Å²) in [6.45, 7) is 8.99. The molecule has 0 heterocycles. The monoisotopic (exact) mass is 201 g/mol. The lowest BCUT2D eigenvalue weighted by molar-refractivity contribution is 0.341. The molecule has 0 aliphatic rings. The molecule has 0 unspecified atom stereocenters. The smallest absolute Gasteiger partial charge is 0.00237 e. The molecule has 1 nitrogen and oxygen atoms in total. The number of hydrogen-bond acceptors (Lipinski definition) is 2. The maximum Gasteiger partial charge on any atom is 0.00237 e. The van der Waals surface area contributed by atoms with E-state index in [2.05, 4.69) is 38.8 Å². The fourth-order valence-electron chi connectivity index (χ4n) is 1.28. The van der Waals surface area contributed by atoms with Gasteiger partial charge in [0.1, 0.15) is 0 Å². The van der Waals surface area contributed by atoms with Crippen molar-refractivity contribution in [3.8, 4) is 0 Å². The molecule has 0 fully saturated rings. The van der Waals surface area contributed by atoms with Crippen molar-refractivity contribution in [3.63, 3.8) is 0 Å². The van der Waals surface area contributed by atoms with Gasteiger partial charge in [0.05, 0.1) is 0 Å². The van der Waals surface area contributed by atoms with Gasteiger partial charge in [-0.15, -0.1) is 11.8 Å². The lowest BCUT2D eigenvalue weighted by atomic mass is 10.3. The quantitative estimate of drug-likeness (QED) is 0.621. The molecule has 0 radical (unpaired) electrons. The largest absolute Gasteiger partial charge is 0.306 e. The molecule has 0 aliphatic heterocycles. The van der Waals surface area contributed by atoms with E-state index in [0.29, 0.717) is 0 Å². The van der Waals surface area contributed by atoms with E-state index in [9.17, 15) is 0 Å². The molecule has 0 bridgehead atoms. The van der Waals surface area contributed by atoms with Gasteiger partial charge in [-0.05, 0) is 44.0 Å². The molecule has 0 amide bonds. The van der Waals surface area contributed by atoms with E-state index in [1.54, 1.807) is 0 Å². The normalized spacial score (nSPS) is 12.5. The van der Waals surface area contributed by atoms with Crippen molar-refractivity contribution in [1.29, 1.82) is 0 Å². The van der Waals surface area contributed by atoms with Gasteiger partial charge >= 0.3 is 0 Å². The van der Waals surface area contributed by atoms with Gasteiger partial charge in [-0.3, -0.25) is 0 Å². The minimum atomic E-state index is 1.19. The highest BCUT2D eigenvalue weighted by atomic mass is 32.2. The first-order valence-corrected chi connectivity index (χ1v) is 6.19. The first kappa shape index (κ1) is 13.1. The van der Waals surface area contributed by atoms with Crippen LogP contribution in [0.4, 0.5) is 0 Å². The van der Waals surface area contributed by atoms with Crippen LogP contribution in [0, 0.1) is 0 Å². The summed E-state index contributed by atoms with van der Waals surface area (Å²) < 4.78 is 0. The predicted molar refractivity (Wildman–Crippen MR) is 64.3 cm³/mol. The fraction of sp³-hybridized carbons (Fsp3) is 0.818. The van der Waals surface area contributed by atoms with Crippen molar-refractivity contribution in [1.82, 2.24) is 4.90 Å². The molecule has 2 heteroatoms. The standard InChI is InChI=1S/C11H23NS/c1-5-9-12(4)10-8-11(6-2)13-7-3/h6H,5,7-10H2,1-4H3/b11-6-. The van der Waals surface area contributed by atoms with Crippen molar-refractivity contribution in [2.45, 2.75) is 33.6 Å². The Morgan fingerprint density at radius 3 is 2.46 bits per heavy atom. The van der Waals surface area contributed by atoms with E-state index < -0.39 is 0 Å². The van der Waals surface area contributed by atoms with Crippen LogP contribution in [0.1, 0.15) is 33.6 Å². The maximum atomic E-state index is 2.40. The molecule has 0 N–H and O–H groups in total. The van der Waals surface area contributed by atoms with Crippen LogP contribution in [0.5, 0.6) is 0 Å². The number of rotatable bonds is 7. The van der Waals surface area contributed by atoms with Crippen molar-refractivity contribution >= 4 is 11.8 Å². The van der Waals surface area contributed by atoms with Crippen LogP contribution < -0.4 is 0 Å². The molecular formula is C11H23NS. The summed E-state index contributed by atoms with van der Waals surface area (Å²) in [7, 11) is 2.20. The van der Waals surface area contributed by atoms with E-state index >= 15 is 0 Å². The summed E-state index contributed by atoms with van der Waals surface area (Å²) >= 11 is 1.97. The molecule has 0 aromatic heterocycles. The molecule has 0 spiro atoms. The highest BCUT2D eigenvalue weighted by Crippen LogP contribution is 2.18. The lowest BCUT2D eigenvalue weighted by Crippen LogP contribution is -2.20.